The molecule has 160 valence electrons. The topological polar surface area (TPSA) is 133 Å². The summed E-state index contributed by atoms with van der Waals surface area (Å²) in [6.07, 6.45) is 1.36. The number of nitrogens with one attached hydrogen (secondary N) is 1. The third kappa shape index (κ3) is 4.98. The van der Waals surface area contributed by atoms with Crippen molar-refractivity contribution >= 4 is 58.1 Å². The summed E-state index contributed by atoms with van der Waals surface area (Å²) in [7, 11) is 1.19. The maximum absolute atomic E-state index is 12.5. The van der Waals surface area contributed by atoms with Crippen molar-refractivity contribution in [3.05, 3.63) is 57.5 Å². The lowest BCUT2D eigenvalue weighted by Gasteiger charge is -2.13. The third-order valence-corrected chi connectivity index (χ3v) is 5.36. The summed E-state index contributed by atoms with van der Waals surface area (Å²) in [5.74, 6) is -2.72. The highest BCUT2D eigenvalue weighted by molar-refractivity contribution is 8.18. The van der Waals surface area contributed by atoms with Gasteiger partial charge in [0.05, 0.1) is 22.6 Å². The molecule has 2 aromatic carbocycles. The molecular weight excluding hydrogens is 448 g/mol. The molecule has 0 saturated carbocycles. The zero-order valence-electron chi connectivity index (χ0n) is 15.9. The highest BCUT2D eigenvalue weighted by atomic mass is 35.5. The number of carbonyl (C=O) groups excluding carboxylic acids is 4. The molecule has 0 aliphatic carbocycles. The molecule has 3 N–H and O–H groups in total. The number of phenols is 2. The zero-order valence-corrected chi connectivity index (χ0v) is 17.5. The number of anilines is 1. The second-order valence-corrected chi connectivity index (χ2v) is 7.65. The van der Waals surface area contributed by atoms with Gasteiger partial charge in [-0.05, 0) is 53.7 Å². The number of benzene rings is 2. The largest absolute Gasteiger partial charge is 0.504 e. The molecule has 31 heavy (non-hydrogen) atoms. The lowest BCUT2D eigenvalue weighted by atomic mass is 10.2. The predicted octanol–water partition coefficient (Wildman–Crippen LogP) is 3.21. The first kappa shape index (κ1) is 22.2. The van der Waals surface area contributed by atoms with E-state index in [1.54, 1.807) is 0 Å². The Balaban J connectivity index is 1.71. The smallest absolute Gasteiger partial charge is 0.339 e. The molecule has 0 unspecified atom stereocenters. The van der Waals surface area contributed by atoms with Crippen LogP contribution >= 0.6 is 23.4 Å². The lowest BCUT2D eigenvalue weighted by Crippen LogP contribution is -2.36. The molecule has 2 aromatic rings. The first-order chi connectivity index (χ1) is 14.7. The molecule has 1 aliphatic heterocycles. The van der Waals surface area contributed by atoms with E-state index in [9.17, 15) is 29.4 Å². The van der Waals surface area contributed by atoms with E-state index in [1.165, 1.54) is 49.6 Å². The van der Waals surface area contributed by atoms with Crippen LogP contribution in [0.2, 0.25) is 5.02 Å². The highest BCUT2D eigenvalue weighted by Crippen LogP contribution is 2.33. The number of imide groups is 1. The van der Waals surface area contributed by atoms with Crippen LogP contribution in [0.1, 0.15) is 15.9 Å². The minimum absolute atomic E-state index is 0.0493. The number of ether oxygens (including phenoxy) is 1. The standard InChI is InChI=1S/C20H15ClN2O7S/c1-30-19(28)12-8-11(3-4-13(12)21)22-17(26)9-23-18(27)16(31-20(23)29)7-10-2-5-14(24)15(25)6-10/h2-8,24-25H,9H2,1H3,(H,22,26)/b16-7+. The Bertz CT molecular complexity index is 1130. The lowest BCUT2D eigenvalue weighted by molar-refractivity contribution is -0.127. The summed E-state index contributed by atoms with van der Waals surface area (Å²) >= 11 is 6.58. The van der Waals surface area contributed by atoms with Crippen molar-refractivity contribution in [3.63, 3.8) is 0 Å². The van der Waals surface area contributed by atoms with E-state index in [4.69, 9.17) is 11.6 Å². The van der Waals surface area contributed by atoms with Crippen LogP contribution in [-0.4, -0.2) is 51.8 Å². The van der Waals surface area contributed by atoms with E-state index in [1.807, 2.05) is 0 Å². The fourth-order valence-corrected chi connectivity index (χ4v) is 3.66. The molecule has 0 spiro atoms. The summed E-state index contributed by atoms with van der Waals surface area (Å²) in [6, 6.07) is 8.10. The van der Waals surface area contributed by atoms with Gasteiger partial charge in [-0.2, -0.15) is 0 Å². The molecule has 3 rings (SSSR count). The summed E-state index contributed by atoms with van der Waals surface area (Å²) < 4.78 is 4.62. The Morgan fingerprint density at radius 3 is 2.58 bits per heavy atom. The molecule has 0 atom stereocenters. The molecule has 9 nitrogen and oxygen atoms in total. The molecule has 11 heteroatoms. The number of thioether (sulfide) groups is 1. The van der Waals surface area contributed by atoms with Crippen LogP contribution in [0.25, 0.3) is 6.08 Å². The summed E-state index contributed by atoms with van der Waals surface area (Å²) in [4.78, 5) is 49.6. The van der Waals surface area contributed by atoms with E-state index < -0.39 is 29.6 Å². The van der Waals surface area contributed by atoms with Crippen molar-refractivity contribution in [2.45, 2.75) is 0 Å². The average molecular weight is 463 g/mol. The molecule has 0 aromatic heterocycles. The van der Waals surface area contributed by atoms with Crippen LogP contribution in [0.5, 0.6) is 11.5 Å². The van der Waals surface area contributed by atoms with Gasteiger partial charge in [0.1, 0.15) is 6.54 Å². The normalized spacial score (nSPS) is 14.8. The minimum Gasteiger partial charge on any atom is -0.504 e. The quantitative estimate of drug-likeness (QED) is 0.350. The van der Waals surface area contributed by atoms with Crippen molar-refractivity contribution in [2.75, 3.05) is 19.0 Å². The molecule has 0 radical (unpaired) electrons. The molecule has 0 bridgehead atoms. The molecular formula is C20H15ClN2O7S. The number of halogens is 1. The minimum atomic E-state index is -0.683. The molecule has 1 saturated heterocycles. The molecule has 1 heterocycles. The number of aromatic hydroxyl groups is 2. The fourth-order valence-electron chi connectivity index (χ4n) is 2.63. The molecule has 3 amide bonds. The van der Waals surface area contributed by atoms with Crippen LogP contribution in [-0.2, 0) is 14.3 Å². The van der Waals surface area contributed by atoms with E-state index in [0.29, 0.717) is 17.3 Å². The number of nitrogens with zero attached hydrogens (tertiary/aromatic N) is 1. The fraction of sp³-hybridized carbons (Fsp3) is 0.100. The van der Waals surface area contributed by atoms with Gasteiger partial charge in [0.2, 0.25) is 5.91 Å². The van der Waals surface area contributed by atoms with Gasteiger partial charge in [0.15, 0.2) is 11.5 Å². The van der Waals surface area contributed by atoms with E-state index >= 15 is 0 Å². The van der Waals surface area contributed by atoms with Gasteiger partial charge in [-0.1, -0.05) is 17.7 Å². The van der Waals surface area contributed by atoms with Gasteiger partial charge < -0.3 is 20.3 Å². The number of rotatable bonds is 5. The summed E-state index contributed by atoms with van der Waals surface area (Å²) in [5.41, 5.74) is 0.673. The summed E-state index contributed by atoms with van der Waals surface area (Å²) in [5, 5.41) is 20.9. The van der Waals surface area contributed by atoms with Crippen molar-refractivity contribution in [3.8, 4) is 11.5 Å². The van der Waals surface area contributed by atoms with Gasteiger partial charge in [-0.25, -0.2) is 4.79 Å². The number of methoxy groups -OCH3 is 1. The average Bonchev–Trinajstić information content (AvgIpc) is 2.99. The van der Waals surface area contributed by atoms with Crippen molar-refractivity contribution in [1.29, 1.82) is 0 Å². The van der Waals surface area contributed by atoms with E-state index in [0.717, 1.165) is 4.90 Å². The van der Waals surface area contributed by atoms with Gasteiger partial charge in [-0.3, -0.25) is 19.3 Å². The number of amides is 3. The third-order valence-electron chi connectivity index (χ3n) is 4.13. The maximum atomic E-state index is 12.5. The van der Waals surface area contributed by atoms with Crippen LogP contribution < -0.4 is 5.32 Å². The van der Waals surface area contributed by atoms with Crippen molar-refractivity contribution in [1.82, 2.24) is 4.90 Å². The van der Waals surface area contributed by atoms with Crippen LogP contribution in [0.3, 0.4) is 0 Å². The van der Waals surface area contributed by atoms with Gasteiger partial charge >= 0.3 is 5.97 Å². The Morgan fingerprint density at radius 2 is 1.90 bits per heavy atom. The first-order valence-corrected chi connectivity index (χ1v) is 9.84. The van der Waals surface area contributed by atoms with Crippen molar-refractivity contribution < 1.29 is 34.1 Å². The Morgan fingerprint density at radius 1 is 1.16 bits per heavy atom. The number of hydrogen-bond donors (Lipinski definition) is 3. The number of hydrogen-bond acceptors (Lipinski definition) is 8. The highest BCUT2D eigenvalue weighted by Gasteiger charge is 2.36. The second-order valence-electron chi connectivity index (χ2n) is 6.25. The molecule has 1 fully saturated rings. The first-order valence-electron chi connectivity index (χ1n) is 8.64. The Hall–Kier alpha value is -3.50. The van der Waals surface area contributed by atoms with Crippen LogP contribution in [0, 0.1) is 0 Å². The number of phenolic OH excluding ortho intramolecular Hbond substituents is 2. The van der Waals surface area contributed by atoms with Crippen molar-refractivity contribution in [2.24, 2.45) is 0 Å². The van der Waals surface area contributed by atoms with Gasteiger partial charge in [0, 0.05) is 5.69 Å². The number of carbonyl (C=O) groups is 4. The number of esters is 1. The zero-order chi connectivity index (χ0) is 22.7. The predicted molar refractivity (Wildman–Crippen MR) is 114 cm³/mol. The summed E-state index contributed by atoms with van der Waals surface area (Å²) in [6.45, 7) is -0.543. The van der Waals surface area contributed by atoms with Gasteiger partial charge in [-0.15, -0.1) is 0 Å². The monoisotopic (exact) mass is 462 g/mol. The van der Waals surface area contributed by atoms with E-state index in [-0.39, 0.29) is 32.7 Å². The Labute approximate surface area is 185 Å². The maximum Gasteiger partial charge on any atom is 0.339 e. The second kappa shape index (κ2) is 9.11. The Kier molecular flexibility index (Phi) is 6.52. The molecule has 1 aliphatic rings. The van der Waals surface area contributed by atoms with E-state index in [2.05, 4.69) is 10.1 Å². The van der Waals surface area contributed by atoms with Crippen LogP contribution in [0.4, 0.5) is 10.5 Å². The van der Waals surface area contributed by atoms with Gasteiger partial charge in [0.25, 0.3) is 11.1 Å². The SMILES string of the molecule is COC(=O)c1cc(NC(=O)CN2C(=O)S/C(=C/c3ccc(O)c(O)c3)C2=O)ccc1Cl. The van der Waals surface area contributed by atoms with Crippen LogP contribution in [0.15, 0.2) is 41.3 Å².